The molecule has 0 aliphatic carbocycles. The SMILES string of the molecule is NC(=O)CC(O)C(O)c1cnn2ccc(Cl)nc12. The summed E-state index contributed by atoms with van der Waals surface area (Å²) in [5.74, 6) is -0.705. The molecule has 0 saturated heterocycles. The highest BCUT2D eigenvalue weighted by Crippen LogP contribution is 2.23. The van der Waals surface area contributed by atoms with Crippen LogP contribution in [-0.4, -0.2) is 36.8 Å². The molecular formula is C10H11ClN4O3. The minimum Gasteiger partial charge on any atom is -0.390 e. The molecule has 2 aromatic heterocycles. The van der Waals surface area contributed by atoms with E-state index in [4.69, 9.17) is 17.3 Å². The molecule has 0 aliphatic heterocycles. The van der Waals surface area contributed by atoms with Gasteiger partial charge in [0, 0.05) is 11.8 Å². The lowest BCUT2D eigenvalue weighted by Gasteiger charge is -2.14. The van der Waals surface area contributed by atoms with E-state index in [2.05, 4.69) is 10.1 Å². The third-order valence-electron chi connectivity index (χ3n) is 2.46. The predicted octanol–water partition coefficient (Wildman–Crippen LogP) is -0.348. The van der Waals surface area contributed by atoms with Crippen LogP contribution in [0.25, 0.3) is 5.65 Å². The molecular weight excluding hydrogens is 260 g/mol. The molecule has 0 spiro atoms. The second kappa shape index (κ2) is 4.89. The van der Waals surface area contributed by atoms with E-state index in [9.17, 15) is 15.0 Å². The van der Waals surface area contributed by atoms with Gasteiger partial charge in [0.25, 0.3) is 0 Å². The standard InChI is InChI=1S/C10H11ClN4O3/c11-7-1-2-15-10(14-7)5(4-13-15)9(18)6(16)3-8(12)17/h1-2,4,6,9,16,18H,3H2,(H2,12,17). The second-order valence-electron chi connectivity index (χ2n) is 3.80. The molecule has 0 aromatic carbocycles. The minimum absolute atomic E-state index is 0.237. The summed E-state index contributed by atoms with van der Waals surface area (Å²) in [6, 6.07) is 1.54. The Hall–Kier alpha value is -1.70. The maximum Gasteiger partial charge on any atom is 0.220 e. The summed E-state index contributed by atoms with van der Waals surface area (Å²) in [6.07, 6.45) is -0.0363. The number of aromatic nitrogens is 3. The highest BCUT2D eigenvalue weighted by atomic mass is 35.5. The lowest BCUT2D eigenvalue weighted by Crippen LogP contribution is -2.25. The molecule has 0 aliphatic rings. The smallest absolute Gasteiger partial charge is 0.220 e. The van der Waals surface area contributed by atoms with Crippen molar-refractivity contribution < 1.29 is 15.0 Å². The Morgan fingerprint density at radius 2 is 2.28 bits per heavy atom. The Bertz CT molecular complexity index is 586. The van der Waals surface area contributed by atoms with Crippen molar-refractivity contribution in [3.63, 3.8) is 0 Å². The number of nitrogens with zero attached hydrogens (tertiary/aromatic N) is 3. The molecule has 0 fully saturated rings. The van der Waals surface area contributed by atoms with Gasteiger partial charge in [0.15, 0.2) is 5.65 Å². The fourth-order valence-corrected chi connectivity index (χ4v) is 1.73. The molecule has 2 aromatic rings. The molecule has 0 radical (unpaired) electrons. The number of hydrogen-bond donors (Lipinski definition) is 3. The molecule has 96 valence electrons. The van der Waals surface area contributed by atoms with Crippen molar-refractivity contribution >= 4 is 23.2 Å². The van der Waals surface area contributed by atoms with E-state index in [-0.39, 0.29) is 17.1 Å². The Labute approximate surface area is 107 Å². The van der Waals surface area contributed by atoms with Crippen molar-refractivity contribution in [3.05, 3.63) is 29.2 Å². The number of halogens is 1. The van der Waals surface area contributed by atoms with Crippen LogP contribution in [0.3, 0.4) is 0 Å². The quantitative estimate of drug-likeness (QED) is 0.657. The molecule has 0 bridgehead atoms. The van der Waals surface area contributed by atoms with E-state index < -0.39 is 18.1 Å². The van der Waals surface area contributed by atoms with E-state index >= 15 is 0 Å². The van der Waals surface area contributed by atoms with E-state index in [0.717, 1.165) is 0 Å². The highest BCUT2D eigenvalue weighted by Gasteiger charge is 2.24. The summed E-state index contributed by atoms with van der Waals surface area (Å²) in [5.41, 5.74) is 5.56. The fraction of sp³-hybridized carbons (Fsp3) is 0.300. The Morgan fingerprint density at radius 3 is 2.94 bits per heavy atom. The van der Waals surface area contributed by atoms with E-state index in [1.165, 1.54) is 16.8 Å². The maximum absolute atomic E-state index is 10.7. The molecule has 2 atom stereocenters. The Kier molecular flexibility index (Phi) is 3.46. The molecule has 7 nitrogen and oxygen atoms in total. The first-order valence-electron chi connectivity index (χ1n) is 5.13. The topological polar surface area (TPSA) is 114 Å². The van der Waals surface area contributed by atoms with Crippen molar-refractivity contribution in [1.82, 2.24) is 14.6 Å². The molecule has 2 rings (SSSR count). The van der Waals surface area contributed by atoms with E-state index in [1.807, 2.05) is 0 Å². The first-order chi connectivity index (χ1) is 8.49. The number of hydrogen-bond acceptors (Lipinski definition) is 5. The van der Waals surface area contributed by atoms with Gasteiger partial charge in [-0.25, -0.2) is 9.50 Å². The average molecular weight is 271 g/mol. The number of carbonyl (C=O) groups excluding carboxylic acids is 1. The van der Waals surface area contributed by atoms with Crippen LogP contribution in [-0.2, 0) is 4.79 Å². The lowest BCUT2D eigenvalue weighted by molar-refractivity contribution is -0.121. The van der Waals surface area contributed by atoms with Gasteiger partial charge in [-0.1, -0.05) is 11.6 Å². The summed E-state index contributed by atoms with van der Waals surface area (Å²) in [4.78, 5) is 14.7. The largest absolute Gasteiger partial charge is 0.390 e. The van der Waals surface area contributed by atoms with Gasteiger partial charge < -0.3 is 15.9 Å². The molecule has 1 amide bonds. The van der Waals surface area contributed by atoms with Gasteiger partial charge >= 0.3 is 0 Å². The van der Waals surface area contributed by atoms with Crippen molar-refractivity contribution in [2.45, 2.75) is 18.6 Å². The zero-order valence-corrected chi connectivity index (χ0v) is 9.95. The maximum atomic E-state index is 10.7. The summed E-state index contributed by atoms with van der Waals surface area (Å²) in [5, 5.41) is 23.7. The van der Waals surface area contributed by atoms with Gasteiger partial charge in [-0.2, -0.15) is 5.10 Å². The third-order valence-corrected chi connectivity index (χ3v) is 2.67. The van der Waals surface area contributed by atoms with Crippen LogP contribution in [0.2, 0.25) is 5.15 Å². The molecule has 2 unspecified atom stereocenters. The van der Waals surface area contributed by atoms with Crippen LogP contribution >= 0.6 is 11.6 Å². The first kappa shape index (κ1) is 12.7. The Morgan fingerprint density at radius 1 is 1.56 bits per heavy atom. The van der Waals surface area contributed by atoms with E-state index in [1.54, 1.807) is 6.20 Å². The van der Waals surface area contributed by atoms with Crippen LogP contribution in [0.4, 0.5) is 0 Å². The predicted molar refractivity (Wildman–Crippen MR) is 62.8 cm³/mol. The Balaban J connectivity index is 2.35. The normalized spacial score (nSPS) is 14.6. The zero-order chi connectivity index (χ0) is 13.3. The first-order valence-corrected chi connectivity index (χ1v) is 5.51. The summed E-state index contributed by atoms with van der Waals surface area (Å²) in [7, 11) is 0. The van der Waals surface area contributed by atoms with Crippen LogP contribution in [0.5, 0.6) is 0 Å². The number of rotatable bonds is 4. The number of aliphatic hydroxyl groups excluding tert-OH is 2. The van der Waals surface area contributed by atoms with Crippen molar-refractivity contribution in [3.8, 4) is 0 Å². The summed E-state index contributed by atoms with van der Waals surface area (Å²) in [6.45, 7) is 0. The van der Waals surface area contributed by atoms with E-state index in [0.29, 0.717) is 5.65 Å². The average Bonchev–Trinajstić information content (AvgIpc) is 2.69. The van der Waals surface area contributed by atoms with Crippen LogP contribution in [0.1, 0.15) is 18.1 Å². The molecule has 8 heteroatoms. The fourth-order valence-electron chi connectivity index (χ4n) is 1.60. The number of nitrogens with two attached hydrogens (primary N) is 1. The highest BCUT2D eigenvalue weighted by molar-refractivity contribution is 6.29. The number of carbonyl (C=O) groups is 1. The van der Waals surface area contributed by atoms with Gasteiger partial charge in [-0.3, -0.25) is 4.79 Å². The van der Waals surface area contributed by atoms with Crippen molar-refractivity contribution in [2.75, 3.05) is 0 Å². The van der Waals surface area contributed by atoms with Crippen LogP contribution < -0.4 is 5.73 Å². The van der Waals surface area contributed by atoms with Gasteiger partial charge in [-0.15, -0.1) is 0 Å². The number of aliphatic hydroxyl groups is 2. The van der Waals surface area contributed by atoms with Crippen molar-refractivity contribution in [1.29, 1.82) is 0 Å². The minimum atomic E-state index is -1.31. The number of amides is 1. The third kappa shape index (κ3) is 2.42. The number of fused-ring (bicyclic) bond motifs is 1. The monoisotopic (exact) mass is 270 g/mol. The summed E-state index contributed by atoms with van der Waals surface area (Å²) < 4.78 is 1.40. The van der Waals surface area contributed by atoms with Gasteiger partial charge in [0.05, 0.1) is 18.7 Å². The molecule has 18 heavy (non-hydrogen) atoms. The molecule has 4 N–H and O–H groups in total. The number of primary amides is 1. The van der Waals surface area contributed by atoms with Gasteiger partial charge in [0.1, 0.15) is 11.3 Å². The van der Waals surface area contributed by atoms with Crippen molar-refractivity contribution in [2.24, 2.45) is 5.73 Å². The zero-order valence-electron chi connectivity index (χ0n) is 9.19. The molecule has 2 heterocycles. The van der Waals surface area contributed by atoms with Crippen LogP contribution in [0.15, 0.2) is 18.5 Å². The second-order valence-corrected chi connectivity index (χ2v) is 4.19. The summed E-state index contributed by atoms with van der Waals surface area (Å²) >= 11 is 5.75. The molecule has 0 saturated carbocycles. The lowest BCUT2D eigenvalue weighted by atomic mass is 10.0. The van der Waals surface area contributed by atoms with Gasteiger partial charge in [0.2, 0.25) is 5.91 Å². The van der Waals surface area contributed by atoms with Crippen LogP contribution in [0, 0.1) is 0 Å². The van der Waals surface area contributed by atoms with Gasteiger partial charge in [-0.05, 0) is 6.07 Å².